The molecule has 0 spiro atoms. The molecule has 10 heteroatoms. The van der Waals surface area contributed by atoms with E-state index in [4.69, 9.17) is 9.15 Å². The van der Waals surface area contributed by atoms with Crippen LogP contribution < -0.4 is 10.1 Å². The Balaban J connectivity index is 1.30. The molecule has 3 aromatic heterocycles. The molecule has 0 saturated heterocycles. The van der Waals surface area contributed by atoms with Crippen molar-refractivity contribution in [3.63, 3.8) is 0 Å². The number of methoxy groups -OCH3 is 1. The van der Waals surface area contributed by atoms with Crippen LogP contribution in [0.3, 0.4) is 0 Å². The number of nitrogens with zero attached hydrogens (tertiary/aromatic N) is 5. The zero-order chi connectivity index (χ0) is 25.5. The van der Waals surface area contributed by atoms with E-state index in [2.05, 4.69) is 37.6 Å². The highest BCUT2D eigenvalue weighted by Gasteiger charge is 2.18. The number of hydrogen-bond acceptors (Lipinski definition) is 8. The summed E-state index contributed by atoms with van der Waals surface area (Å²) in [7, 11) is 1.64. The number of pyridine rings is 1. The molecule has 0 unspecified atom stereocenters. The van der Waals surface area contributed by atoms with Crippen LogP contribution in [0.5, 0.6) is 5.75 Å². The van der Waals surface area contributed by atoms with Gasteiger partial charge in [-0.15, -0.1) is 10.2 Å². The predicted octanol–water partition coefficient (Wildman–Crippen LogP) is 4.47. The highest BCUT2D eigenvalue weighted by molar-refractivity contribution is 7.98. The minimum absolute atomic E-state index is 0.216. The van der Waals surface area contributed by atoms with E-state index in [1.165, 1.54) is 18.0 Å². The van der Waals surface area contributed by atoms with Gasteiger partial charge in [0.05, 0.1) is 25.1 Å². The fourth-order valence-corrected chi connectivity index (χ4v) is 4.47. The van der Waals surface area contributed by atoms with Crippen molar-refractivity contribution in [2.75, 3.05) is 7.11 Å². The van der Waals surface area contributed by atoms with Gasteiger partial charge in [0.15, 0.2) is 10.9 Å². The van der Waals surface area contributed by atoms with Crippen molar-refractivity contribution >= 4 is 17.7 Å². The molecule has 0 fully saturated rings. The van der Waals surface area contributed by atoms with Crippen molar-refractivity contribution in [1.29, 1.82) is 0 Å². The fraction of sp³-hybridized carbons (Fsp3) is 0.148. The molecule has 0 aliphatic carbocycles. The van der Waals surface area contributed by atoms with Gasteiger partial charge in [0.1, 0.15) is 17.8 Å². The van der Waals surface area contributed by atoms with Crippen LogP contribution in [0.15, 0.2) is 94.8 Å². The third kappa shape index (κ3) is 6.04. The van der Waals surface area contributed by atoms with Crippen LogP contribution in [-0.4, -0.2) is 37.7 Å². The normalized spacial score (nSPS) is 10.8. The van der Waals surface area contributed by atoms with E-state index in [0.717, 1.165) is 28.5 Å². The number of aromatic nitrogens is 5. The first kappa shape index (κ1) is 24.3. The lowest BCUT2D eigenvalue weighted by Crippen LogP contribution is -2.23. The zero-order valence-corrected chi connectivity index (χ0v) is 20.9. The highest BCUT2D eigenvalue weighted by Crippen LogP contribution is 2.27. The second-order valence-corrected chi connectivity index (χ2v) is 8.96. The van der Waals surface area contributed by atoms with Gasteiger partial charge in [0, 0.05) is 18.3 Å². The summed E-state index contributed by atoms with van der Waals surface area (Å²) in [4.78, 5) is 21.0. The Bertz CT molecular complexity index is 1450. The molecule has 0 atom stereocenters. The van der Waals surface area contributed by atoms with E-state index in [9.17, 15) is 4.79 Å². The Morgan fingerprint density at radius 1 is 1.03 bits per heavy atom. The number of rotatable bonds is 10. The highest BCUT2D eigenvalue weighted by atomic mass is 32.2. The number of ether oxygens (including phenoxy) is 1. The van der Waals surface area contributed by atoms with Crippen LogP contribution in [0.1, 0.15) is 33.5 Å². The maximum absolute atomic E-state index is 12.5. The molecule has 3 heterocycles. The molecule has 5 rings (SSSR count). The Morgan fingerprint density at radius 2 is 1.84 bits per heavy atom. The molecule has 186 valence electrons. The van der Waals surface area contributed by atoms with Crippen molar-refractivity contribution in [2.45, 2.75) is 23.9 Å². The average molecular weight is 513 g/mol. The second kappa shape index (κ2) is 11.5. The molecule has 0 aliphatic heterocycles. The smallest absolute Gasteiger partial charge is 0.273 e. The Labute approximate surface area is 217 Å². The first-order valence-corrected chi connectivity index (χ1v) is 12.6. The van der Waals surface area contributed by atoms with Crippen LogP contribution in [0.2, 0.25) is 0 Å². The van der Waals surface area contributed by atoms with E-state index >= 15 is 0 Å². The third-order valence-electron chi connectivity index (χ3n) is 5.50. The summed E-state index contributed by atoms with van der Waals surface area (Å²) in [5.74, 6) is 2.05. The summed E-state index contributed by atoms with van der Waals surface area (Å²) in [6.45, 7) is 0.311. The van der Waals surface area contributed by atoms with Crippen LogP contribution in [0, 0.1) is 0 Å². The van der Waals surface area contributed by atoms with Gasteiger partial charge >= 0.3 is 0 Å². The summed E-state index contributed by atoms with van der Waals surface area (Å²) in [5.41, 5.74) is 3.03. The first-order valence-electron chi connectivity index (χ1n) is 11.6. The van der Waals surface area contributed by atoms with E-state index in [1.807, 2.05) is 65.2 Å². The van der Waals surface area contributed by atoms with Gasteiger partial charge in [-0.3, -0.25) is 14.3 Å². The lowest BCUT2D eigenvalue weighted by molar-refractivity contribution is 0.0945. The van der Waals surface area contributed by atoms with Crippen molar-refractivity contribution in [2.24, 2.45) is 0 Å². The Hall–Kier alpha value is -4.44. The average Bonchev–Trinajstić information content (AvgIpc) is 3.59. The van der Waals surface area contributed by atoms with Gasteiger partial charge in [-0.05, 0) is 42.0 Å². The number of benzene rings is 2. The molecular weight excluding hydrogens is 488 g/mol. The third-order valence-corrected chi connectivity index (χ3v) is 6.42. The van der Waals surface area contributed by atoms with Gasteiger partial charge in [-0.1, -0.05) is 48.2 Å². The fourth-order valence-electron chi connectivity index (χ4n) is 3.65. The molecule has 9 nitrogen and oxygen atoms in total. The lowest BCUT2D eigenvalue weighted by Gasteiger charge is -2.11. The Morgan fingerprint density at radius 3 is 2.59 bits per heavy atom. The largest absolute Gasteiger partial charge is 0.497 e. The Kier molecular flexibility index (Phi) is 7.56. The van der Waals surface area contributed by atoms with Crippen LogP contribution in [0.4, 0.5) is 0 Å². The molecule has 1 amide bonds. The summed E-state index contributed by atoms with van der Waals surface area (Å²) in [6.07, 6.45) is 3.67. The van der Waals surface area contributed by atoms with Gasteiger partial charge in [-0.2, -0.15) is 0 Å². The molecule has 2 aromatic carbocycles. The van der Waals surface area contributed by atoms with Crippen LogP contribution in [0.25, 0.3) is 5.69 Å². The number of nitrogens with one attached hydrogen (secondary N) is 1. The van der Waals surface area contributed by atoms with Gasteiger partial charge in [0.2, 0.25) is 5.89 Å². The summed E-state index contributed by atoms with van der Waals surface area (Å²) in [6, 6.07) is 23.4. The molecule has 5 aromatic rings. The SMILES string of the molecule is COc1ccc(-n2c(Cc3ccccc3)nnc2SCc2nc(C(=O)NCc3ccccn3)co2)cc1. The second-order valence-electron chi connectivity index (χ2n) is 8.01. The van der Waals surface area contributed by atoms with Gasteiger partial charge in [-0.25, -0.2) is 4.98 Å². The molecule has 1 N–H and O–H groups in total. The zero-order valence-electron chi connectivity index (χ0n) is 20.1. The van der Waals surface area contributed by atoms with Crippen molar-refractivity contribution < 1.29 is 13.9 Å². The predicted molar refractivity (Wildman–Crippen MR) is 139 cm³/mol. The van der Waals surface area contributed by atoms with Crippen LogP contribution in [-0.2, 0) is 18.7 Å². The summed E-state index contributed by atoms with van der Waals surface area (Å²) >= 11 is 1.43. The maximum atomic E-state index is 12.5. The number of thioether (sulfide) groups is 1. The quantitative estimate of drug-likeness (QED) is 0.273. The molecule has 37 heavy (non-hydrogen) atoms. The minimum Gasteiger partial charge on any atom is -0.497 e. The molecule has 0 saturated carbocycles. The number of oxazole rings is 1. The first-order chi connectivity index (χ1) is 18.2. The summed E-state index contributed by atoms with van der Waals surface area (Å²) < 4.78 is 12.9. The van der Waals surface area contributed by atoms with E-state index in [0.29, 0.717) is 29.8 Å². The monoisotopic (exact) mass is 512 g/mol. The molecule has 0 aliphatic rings. The number of hydrogen-bond donors (Lipinski definition) is 1. The molecule has 0 radical (unpaired) electrons. The minimum atomic E-state index is -0.322. The van der Waals surface area contributed by atoms with E-state index in [1.54, 1.807) is 13.3 Å². The number of amides is 1. The summed E-state index contributed by atoms with van der Waals surface area (Å²) in [5, 5.41) is 12.4. The van der Waals surface area contributed by atoms with Crippen molar-refractivity contribution in [3.05, 3.63) is 114 Å². The standard InChI is InChI=1S/C27H24N6O3S/c1-35-22-12-10-21(11-13-22)33-24(15-19-7-3-2-4-8-19)31-32-27(33)37-18-25-30-23(17-36-25)26(34)29-16-20-9-5-6-14-28-20/h2-14,17H,15-16,18H2,1H3,(H,29,34). The molecular formula is C27H24N6O3S. The number of carbonyl (C=O) groups is 1. The van der Waals surface area contributed by atoms with Gasteiger partial charge < -0.3 is 14.5 Å². The molecule has 0 bridgehead atoms. The van der Waals surface area contributed by atoms with E-state index < -0.39 is 0 Å². The maximum Gasteiger partial charge on any atom is 0.273 e. The van der Waals surface area contributed by atoms with Crippen LogP contribution >= 0.6 is 11.8 Å². The number of carbonyl (C=O) groups excluding carboxylic acids is 1. The lowest BCUT2D eigenvalue weighted by atomic mass is 10.1. The van der Waals surface area contributed by atoms with E-state index in [-0.39, 0.29) is 11.6 Å². The van der Waals surface area contributed by atoms with Gasteiger partial charge in [0.25, 0.3) is 5.91 Å². The topological polar surface area (TPSA) is 108 Å². The van der Waals surface area contributed by atoms with Crippen molar-refractivity contribution in [1.82, 2.24) is 30.0 Å². The van der Waals surface area contributed by atoms with Crippen molar-refractivity contribution in [3.8, 4) is 11.4 Å².